The zero-order chi connectivity index (χ0) is 15.6. The van der Waals surface area contributed by atoms with Crippen molar-refractivity contribution >= 4 is 10.0 Å². The van der Waals surface area contributed by atoms with Gasteiger partial charge in [0.25, 0.3) is 0 Å². The van der Waals surface area contributed by atoms with Crippen molar-refractivity contribution in [2.45, 2.75) is 32.2 Å². The van der Waals surface area contributed by atoms with Crippen LogP contribution in [-0.4, -0.2) is 20.5 Å². The van der Waals surface area contributed by atoms with Crippen LogP contribution in [0.2, 0.25) is 0 Å². The summed E-state index contributed by atoms with van der Waals surface area (Å²) in [6.45, 7) is 5.36. The van der Waals surface area contributed by atoms with Crippen molar-refractivity contribution in [3.05, 3.63) is 41.1 Å². The number of benzene rings is 1. The molecule has 0 saturated carbocycles. The molecule has 0 fully saturated rings. The Labute approximate surface area is 124 Å². The highest BCUT2D eigenvalue weighted by molar-refractivity contribution is 7.89. The third kappa shape index (κ3) is 3.43. The molecular formula is C14H18N2O4S. The first-order valence-electron chi connectivity index (χ1n) is 6.40. The van der Waals surface area contributed by atoms with Crippen LogP contribution in [0.25, 0.3) is 0 Å². The lowest BCUT2D eigenvalue weighted by Crippen LogP contribution is -2.23. The van der Waals surface area contributed by atoms with Crippen LogP contribution in [0.3, 0.4) is 0 Å². The summed E-state index contributed by atoms with van der Waals surface area (Å²) in [7, 11) is -2.06. The van der Waals surface area contributed by atoms with Gasteiger partial charge in [-0.3, -0.25) is 0 Å². The summed E-state index contributed by atoms with van der Waals surface area (Å²) >= 11 is 0. The van der Waals surface area contributed by atoms with Gasteiger partial charge in [0.15, 0.2) is 5.89 Å². The molecule has 0 aliphatic rings. The maximum Gasteiger partial charge on any atom is 0.240 e. The maximum absolute atomic E-state index is 12.3. The Morgan fingerprint density at radius 2 is 2.00 bits per heavy atom. The highest BCUT2D eigenvalue weighted by Crippen LogP contribution is 2.21. The van der Waals surface area contributed by atoms with E-state index < -0.39 is 10.0 Å². The standard InChI is InChI=1S/C14H18N2O4S/c1-9-7-12(5-6-13(9)19-4)21(17,18)15-8-14-10(2)16-11(3)20-14/h5-7,15H,8H2,1-4H3. The van der Waals surface area contributed by atoms with Crippen LogP contribution in [0.5, 0.6) is 5.75 Å². The summed E-state index contributed by atoms with van der Waals surface area (Å²) in [6.07, 6.45) is 0. The highest BCUT2D eigenvalue weighted by Gasteiger charge is 2.17. The first-order chi connectivity index (χ1) is 9.83. The minimum atomic E-state index is -3.61. The second-order valence-corrected chi connectivity index (χ2v) is 6.46. The number of nitrogens with one attached hydrogen (secondary N) is 1. The van der Waals surface area contributed by atoms with Gasteiger partial charge in [-0.25, -0.2) is 18.1 Å². The van der Waals surface area contributed by atoms with Crippen LogP contribution < -0.4 is 9.46 Å². The van der Waals surface area contributed by atoms with Gasteiger partial charge in [0.05, 0.1) is 24.2 Å². The van der Waals surface area contributed by atoms with Gasteiger partial charge in [0, 0.05) is 6.92 Å². The summed E-state index contributed by atoms with van der Waals surface area (Å²) in [6, 6.07) is 4.71. The minimum absolute atomic E-state index is 0.0695. The number of hydrogen-bond donors (Lipinski definition) is 1. The molecule has 0 atom stereocenters. The summed E-state index contributed by atoms with van der Waals surface area (Å²) in [4.78, 5) is 4.29. The third-order valence-electron chi connectivity index (χ3n) is 3.10. The number of aromatic nitrogens is 1. The number of ether oxygens (including phenoxy) is 1. The van der Waals surface area contributed by atoms with Crippen LogP contribution in [-0.2, 0) is 16.6 Å². The molecule has 0 saturated heterocycles. The van der Waals surface area contributed by atoms with E-state index in [0.29, 0.717) is 23.1 Å². The molecule has 2 rings (SSSR count). The summed E-state index contributed by atoms with van der Waals surface area (Å²) in [5.74, 6) is 1.68. The number of sulfonamides is 1. The van der Waals surface area contributed by atoms with Crippen molar-refractivity contribution in [2.24, 2.45) is 0 Å². The van der Waals surface area contributed by atoms with Crippen molar-refractivity contribution in [3.8, 4) is 5.75 Å². The number of methoxy groups -OCH3 is 1. The Bertz CT molecular complexity index is 750. The summed E-state index contributed by atoms with van der Waals surface area (Å²) in [5.41, 5.74) is 1.44. The van der Waals surface area contributed by atoms with E-state index in [9.17, 15) is 8.42 Å². The smallest absolute Gasteiger partial charge is 0.240 e. The molecule has 1 heterocycles. The molecule has 1 aromatic heterocycles. The minimum Gasteiger partial charge on any atom is -0.496 e. The Morgan fingerprint density at radius 3 is 2.52 bits per heavy atom. The number of oxazole rings is 1. The summed E-state index contributed by atoms with van der Waals surface area (Å²) in [5, 5.41) is 0. The number of nitrogens with zero attached hydrogens (tertiary/aromatic N) is 1. The summed E-state index contributed by atoms with van der Waals surface area (Å²) < 4.78 is 37.5. The second kappa shape index (κ2) is 5.87. The van der Waals surface area contributed by atoms with Crippen molar-refractivity contribution in [1.82, 2.24) is 9.71 Å². The lowest BCUT2D eigenvalue weighted by molar-refractivity contribution is 0.411. The molecule has 21 heavy (non-hydrogen) atoms. The first-order valence-corrected chi connectivity index (χ1v) is 7.89. The van der Waals surface area contributed by atoms with Crippen molar-refractivity contribution in [2.75, 3.05) is 7.11 Å². The molecule has 0 amide bonds. The average Bonchev–Trinajstić information content (AvgIpc) is 2.74. The molecule has 6 nitrogen and oxygen atoms in total. The van der Waals surface area contributed by atoms with Crippen LogP contribution in [0.4, 0.5) is 0 Å². The van der Waals surface area contributed by atoms with E-state index in [-0.39, 0.29) is 11.4 Å². The fraction of sp³-hybridized carbons (Fsp3) is 0.357. The molecule has 2 aromatic rings. The van der Waals surface area contributed by atoms with E-state index in [1.54, 1.807) is 40.0 Å². The van der Waals surface area contributed by atoms with Crippen molar-refractivity contribution in [3.63, 3.8) is 0 Å². The molecular weight excluding hydrogens is 292 g/mol. The van der Waals surface area contributed by atoms with Gasteiger partial charge in [0.1, 0.15) is 11.5 Å². The zero-order valence-electron chi connectivity index (χ0n) is 12.4. The molecule has 1 aromatic carbocycles. The zero-order valence-corrected chi connectivity index (χ0v) is 13.2. The number of aryl methyl sites for hydroxylation is 3. The molecule has 0 aliphatic heterocycles. The van der Waals surface area contributed by atoms with E-state index >= 15 is 0 Å². The van der Waals surface area contributed by atoms with Crippen LogP contribution >= 0.6 is 0 Å². The molecule has 0 bridgehead atoms. The lowest BCUT2D eigenvalue weighted by atomic mass is 10.2. The normalized spacial score (nSPS) is 11.6. The number of rotatable bonds is 5. The Hall–Kier alpha value is -1.86. The Kier molecular flexibility index (Phi) is 4.34. The van der Waals surface area contributed by atoms with E-state index in [0.717, 1.165) is 5.56 Å². The quantitative estimate of drug-likeness (QED) is 0.914. The molecule has 0 spiro atoms. The van der Waals surface area contributed by atoms with E-state index in [1.165, 1.54) is 6.07 Å². The second-order valence-electron chi connectivity index (χ2n) is 4.70. The van der Waals surface area contributed by atoms with E-state index in [1.807, 2.05) is 0 Å². The molecule has 114 valence electrons. The monoisotopic (exact) mass is 310 g/mol. The largest absolute Gasteiger partial charge is 0.496 e. The van der Waals surface area contributed by atoms with Gasteiger partial charge in [-0.15, -0.1) is 0 Å². The highest BCUT2D eigenvalue weighted by atomic mass is 32.2. The SMILES string of the molecule is COc1ccc(S(=O)(=O)NCc2oc(C)nc2C)cc1C. The molecule has 0 unspecified atom stereocenters. The fourth-order valence-electron chi connectivity index (χ4n) is 2.00. The van der Waals surface area contributed by atoms with Crippen molar-refractivity contribution in [1.29, 1.82) is 0 Å². The van der Waals surface area contributed by atoms with Crippen LogP contribution in [0, 0.1) is 20.8 Å². The van der Waals surface area contributed by atoms with Crippen LogP contribution in [0.15, 0.2) is 27.5 Å². The Morgan fingerprint density at radius 1 is 1.29 bits per heavy atom. The molecule has 7 heteroatoms. The van der Waals surface area contributed by atoms with Gasteiger partial charge < -0.3 is 9.15 Å². The molecule has 0 aliphatic carbocycles. The van der Waals surface area contributed by atoms with Gasteiger partial charge in [-0.05, 0) is 37.6 Å². The first kappa shape index (κ1) is 15.5. The predicted octanol–water partition coefficient (Wildman–Crippen LogP) is 2.09. The van der Waals surface area contributed by atoms with Crippen molar-refractivity contribution < 1.29 is 17.6 Å². The molecule has 1 N–H and O–H groups in total. The van der Waals surface area contributed by atoms with Gasteiger partial charge in [0.2, 0.25) is 10.0 Å². The van der Waals surface area contributed by atoms with E-state index in [2.05, 4.69) is 9.71 Å². The fourth-order valence-corrected chi connectivity index (χ4v) is 3.07. The predicted molar refractivity (Wildman–Crippen MR) is 77.7 cm³/mol. The topological polar surface area (TPSA) is 81.4 Å². The maximum atomic E-state index is 12.3. The van der Waals surface area contributed by atoms with Gasteiger partial charge in [-0.2, -0.15) is 0 Å². The lowest BCUT2D eigenvalue weighted by Gasteiger charge is -2.09. The number of hydrogen-bond acceptors (Lipinski definition) is 5. The van der Waals surface area contributed by atoms with Gasteiger partial charge >= 0.3 is 0 Å². The van der Waals surface area contributed by atoms with E-state index in [4.69, 9.17) is 9.15 Å². The average molecular weight is 310 g/mol. The Balaban J connectivity index is 2.18. The third-order valence-corrected chi connectivity index (χ3v) is 4.50. The van der Waals surface area contributed by atoms with Gasteiger partial charge in [-0.1, -0.05) is 0 Å². The molecule has 0 radical (unpaired) electrons. The van der Waals surface area contributed by atoms with Crippen LogP contribution in [0.1, 0.15) is 22.9 Å².